The van der Waals surface area contributed by atoms with Gasteiger partial charge in [-0.2, -0.15) is 0 Å². The molecule has 1 N–H and O–H groups in total. The number of amides is 1. The normalized spacial score (nSPS) is 16.5. The average molecular weight is 299 g/mol. The molecule has 0 spiro atoms. The second-order valence-electron chi connectivity index (χ2n) is 4.57. The molecule has 0 atom stereocenters. The first-order chi connectivity index (χ1) is 9.16. The van der Waals surface area contributed by atoms with Crippen LogP contribution in [0.3, 0.4) is 0 Å². The highest BCUT2D eigenvalue weighted by Crippen LogP contribution is 2.20. The van der Waals surface area contributed by atoms with Crippen molar-refractivity contribution >= 4 is 35.0 Å². The molecule has 1 aliphatic heterocycles. The van der Waals surface area contributed by atoms with E-state index in [0.717, 1.165) is 5.75 Å². The van der Waals surface area contributed by atoms with Gasteiger partial charge in [0.2, 0.25) is 5.91 Å². The van der Waals surface area contributed by atoms with Crippen LogP contribution >= 0.6 is 23.1 Å². The second kappa shape index (κ2) is 6.96. The van der Waals surface area contributed by atoms with Crippen LogP contribution in [0.2, 0.25) is 0 Å². The maximum absolute atomic E-state index is 12.0. The Morgan fingerprint density at radius 2 is 2.16 bits per heavy atom. The lowest BCUT2D eigenvalue weighted by Gasteiger charge is -2.30. The number of thioether (sulfide) groups is 1. The molecule has 1 fully saturated rings. The summed E-state index contributed by atoms with van der Waals surface area (Å²) in [4.78, 5) is 25.9. The Labute approximate surface area is 120 Å². The highest BCUT2D eigenvalue weighted by atomic mass is 32.2. The van der Waals surface area contributed by atoms with E-state index in [2.05, 4.69) is 6.07 Å². The predicted octanol–water partition coefficient (Wildman–Crippen LogP) is 2.30. The van der Waals surface area contributed by atoms with Crippen molar-refractivity contribution in [3.8, 4) is 0 Å². The van der Waals surface area contributed by atoms with Gasteiger partial charge in [-0.15, -0.1) is 23.1 Å². The SMILES string of the molecule is O=C(O)C1CCN(C(=O)CSCc2cccs2)CC1. The third-order valence-corrected chi connectivity index (χ3v) is 5.27. The van der Waals surface area contributed by atoms with Gasteiger partial charge in [-0.05, 0) is 24.3 Å². The molecule has 19 heavy (non-hydrogen) atoms. The van der Waals surface area contributed by atoms with Crippen molar-refractivity contribution in [3.63, 3.8) is 0 Å². The van der Waals surface area contributed by atoms with Gasteiger partial charge in [0.05, 0.1) is 11.7 Å². The Bertz CT molecular complexity index is 425. The zero-order chi connectivity index (χ0) is 13.7. The van der Waals surface area contributed by atoms with Gasteiger partial charge in [0.15, 0.2) is 0 Å². The van der Waals surface area contributed by atoms with Crippen molar-refractivity contribution in [2.45, 2.75) is 18.6 Å². The zero-order valence-corrected chi connectivity index (χ0v) is 12.2. The number of piperidine rings is 1. The first-order valence-corrected chi connectivity index (χ1v) is 8.31. The third kappa shape index (κ3) is 4.24. The average Bonchev–Trinajstić information content (AvgIpc) is 2.92. The molecule has 0 unspecified atom stereocenters. The van der Waals surface area contributed by atoms with Gasteiger partial charge in [0.25, 0.3) is 0 Å². The number of aliphatic carboxylic acids is 1. The molecule has 2 rings (SSSR count). The van der Waals surface area contributed by atoms with Gasteiger partial charge < -0.3 is 10.0 Å². The second-order valence-corrected chi connectivity index (χ2v) is 6.58. The minimum atomic E-state index is -0.737. The Morgan fingerprint density at radius 3 is 2.74 bits per heavy atom. The van der Waals surface area contributed by atoms with Crippen molar-refractivity contribution in [1.29, 1.82) is 0 Å². The van der Waals surface area contributed by atoms with Crippen molar-refractivity contribution in [3.05, 3.63) is 22.4 Å². The van der Waals surface area contributed by atoms with Gasteiger partial charge >= 0.3 is 5.97 Å². The number of likely N-dealkylation sites (tertiary alicyclic amines) is 1. The Balaban J connectivity index is 1.68. The molecule has 0 radical (unpaired) electrons. The molecule has 4 nitrogen and oxygen atoms in total. The monoisotopic (exact) mass is 299 g/mol. The van der Waals surface area contributed by atoms with Crippen molar-refractivity contribution in [1.82, 2.24) is 4.90 Å². The van der Waals surface area contributed by atoms with E-state index in [-0.39, 0.29) is 11.8 Å². The minimum absolute atomic E-state index is 0.130. The highest BCUT2D eigenvalue weighted by molar-refractivity contribution is 7.99. The van der Waals surface area contributed by atoms with Crippen molar-refractivity contribution in [2.75, 3.05) is 18.8 Å². The number of nitrogens with zero attached hydrogens (tertiary/aromatic N) is 1. The molecule has 1 aromatic rings. The van der Waals surface area contributed by atoms with Crippen LogP contribution in [0, 0.1) is 5.92 Å². The molecule has 2 heterocycles. The van der Waals surface area contributed by atoms with E-state index in [1.165, 1.54) is 4.88 Å². The highest BCUT2D eigenvalue weighted by Gasteiger charge is 2.26. The van der Waals surface area contributed by atoms with E-state index in [1.807, 2.05) is 11.4 Å². The summed E-state index contributed by atoms with van der Waals surface area (Å²) in [5.74, 6) is 0.470. The first kappa shape index (κ1) is 14.4. The molecule has 1 aliphatic rings. The van der Waals surface area contributed by atoms with Crippen LogP contribution in [-0.4, -0.2) is 40.7 Å². The first-order valence-electron chi connectivity index (χ1n) is 6.27. The third-order valence-electron chi connectivity index (χ3n) is 3.25. The number of carbonyl (C=O) groups is 2. The van der Waals surface area contributed by atoms with Gasteiger partial charge in [0, 0.05) is 23.7 Å². The molecule has 104 valence electrons. The van der Waals surface area contributed by atoms with Crippen molar-refractivity contribution < 1.29 is 14.7 Å². The van der Waals surface area contributed by atoms with Gasteiger partial charge in [-0.3, -0.25) is 9.59 Å². The van der Waals surface area contributed by atoms with Crippen LogP contribution in [-0.2, 0) is 15.3 Å². The molecule has 1 amide bonds. The van der Waals surface area contributed by atoms with Crippen LogP contribution in [0.25, 0.3) is 0 Å². The number of carboxylic acids is 1. The standard InChI is InChI=1S/C13H17NO3S2/c15-12(9-18-8-11-2-1-7-19-11)14-5-3-10(4-6-14)13(16)17/h1-2,7,10H,3-6,8-9H2,(H,16,17). The largest absolute Gasteiger partial charge is 0.481 e. The van der Waals surface area contributed by atoms with Crippen LogP contribution in [0.4, 0.5) is 0 Å². The Hall–Kier alpha value is -1.01. The summed E-state index contributed by atoms with van der Waals surface area (Å²) in [7, 11) is 0. The van der Waals surface area contributed by atoms with E-state index < -0.39 is 5.97 Å². The Morgan fingerprint density at radius 1 is 1.42 bits per heavy atom. The zero-order valence-electron chi connectivity index (χ0n) is 10.6. The fourth-order valence-corrected chi connectivity index (χ4v) is 3.87. The lowest BCUT2D eigenvalue weighted by atomic mass is 9.97. The maximum atomic E-state index is 12.0. The molecule has 0 aromatic carbocycles. The number of thiophene rings is 1. The molecule has 0 saturated carbocycles. The van der Waals surface area contributed by atoms with Crippen molar-refractivity contribution in [2.24, 2.45) is 5.92 Å². The number of rotatable bonds is 5. The van der Waals surface area contributed by atoms with E-state index in [0.29, 0.717) is 31.7 Å². The van der Waals surface area contributed by atoms with E-state index in [4.69, 9.17) is 5.11 Å². The summed E-state index contributed by atoms with van der Waals surface area (Å²) >= 11 is 3.33. The van der Waals surface area contributed by atoms with Gasteiger partial charge in [-0.1, -0.05) is 6.07 Å². The van der Waals surface area contributed by atoms with E-state index in [9.17, 15) is 9.59 Å². The van der Waals surface area contributed by atoms with Crippen LogP contribution < -0.4 is 0 Å². The Kier molecular flexibility index (Phi) is 5.27. The number of carbonyl (C=O) groups excluding carboxylic acids is 1. The fraction of sp³-hybridized carbons (Fsp3) is 0.538. The molecular weight excluding hydrogens is 282 g/mol. The van der Waals surface area contributed by atoms with Gasteiger partial charge in [0.1, 0.15) is 0 Å². The predicted molar refractivity (Wildman–Crippen MR) is 77.4 cm³/mol. The topological polar surface area (TPSA) is 57.6 Å². The van der Waals surface area contributed by atoms with E-state index >= 15 is 0 Å². The molecule has 0 bridgehead atoms. The summed E-state index contributed by atoms with van der Waals surface area (Å²) in [5, 5.41) is 10.9. The summed E-state index contributed by atoms with van der Waals surface area (Å²) in [6.45, 7) is 1.16. The molecule has 1 aromatic heterocycles. The van der Waals surface area contributed by atoms with Gasteiger partial charge in [-0.25, -0.2) is 0 Å². The summed E-state index contributed by atoms with van der Waals surface area (Å²) in [6, 6.07) is 4.08. The summed E-state index contributed by atoms with van der Waals surface area (Å²) < 4.78 is 0. The summed E-state index contributed by atoms with van der Waals surface area (Å²) in [5.41, 5.74) is 0. The quantitative estimate of drug-likeness (QED) is 0.906. The minimum Gasteiger partial charge on any atom is -0.481 e. The van der Waals surface area contributed by atoms with Crippen LogP contribution in [0.1, 0.15) is 17.7 Å². The molecule has 1 saturated heterocycles. The maximum Gasteiger partial charge on any atom is 0.306 e. The lowest BCUT2D eigenvalue weighted by molar-refractivity contribution is -0.145. The number of hydrogen-bond donors (Lipinski definition) is 1. The van der Waals surface area contributed by atoms with Crippen LogP contribution in [0.5, 0.6) is 0 Å². The molecule has 0 aliphatic carbocycles. The van der Waals surface area contributed by atoms with Crippen LogP contribution in [0.15, 0.2) is 17.5 Å². The smallest absolute Gasteiger partial charge is 0.306 e. The fourth-order valence-electron chi connectivity index (χ4n) is 2.10. The lowest BCUT2D eigenvalue weighted by Crippen LogP contribution is -2.41. The molecule has 6 heteroatoms. The van der Waals surface area contributed by atoms with E-state index in [1.54, 1.807) is 28.0 Å². The summed E-state index contributed by atoms with van der Waals surface area (Å²) in [6.07, 6.45) is 1.16. The molecular formula is C13H17NO3S2. The number of hydrogen-bond acceptors (Lipinski definition) is 4. The number of carboxylic acid groups (broad SMARTS) is 1.